The monoisotopic (exact) mass is 362 g/mol. The summed E-state index contributed by atoms with van der Waals surface area (Å²) in [4.78, 5) is 24.3. The predicted molar refractivity (Wildman–Crippen MR) is 107 cm³/mol. The number of fused-ring (bicyclic) bond motifs is 1. The van der Waals surface area contributed by atoms with E-state index in [9.17, 15) is 4.79 Å². The average Bonchev–Trinajstić information content (AvgIpc) is 2.97. The van der Waals surface area contributed by atoms with E-state index in [1.807, 2.05) is 54.4 Å². The fourth-order valence-electron chi connectivity index (χ4n) is 3.87. The van der Waals surface area contributed by atoms with Crippen LogP contribution in [0, 0.1) is 5.92 Å². The minimum Gasteiger partial charge on any atom is -0.339 e. The molecule has 2 aromatic heterocycles. The van der Waals surface area contributed by atoms with Crippen molar-refractivity contribution in [3.63, 3.8) is 0 Å². The van der Waals surface area contributed by atoms with Crippen molar-refractivity contribution in [2.75, 3.05) is 13.1 Å². The first-order chi connectivity index (χ1) is 13.0. The van der Waals surface area contributed by atoms with E-state index in [2.05, 4.69) is 29.5 Å². The van der Waals surface area contributed by atoms with Crippen LogP contribution >= 0.6 is 0 Å². The minimum atomic E-state index is -0.254. The lowest BCUT2D eigenvalue weighted by Gasteiger charge is -2.40. The molecule has 0 aliphatic carbocycles. The molecule has 0 radical (unpaired) electrons. The SMILES string of the molecule is CC(C)Cc1nc2ccccc2n1[C@H](C)C(=O)N1CC(c2ccccn2)C1. The molecule has 0 N–H and O–H groups in total. The molecule has 1 aliphatic heterocycles. The largest absolute Gasteiger partial charge is 0.339 e. The summed E-state index contributed by atoms with van der Waals surface area (Å²) >= 11 is 0. The molecule has 1 atom stereocenters. The number of benzene rings is 1. The highest BCUT2D eigenvalue weighted by Gasteiger charge is 2.35. The number of nitrogens with zero attached hydrogens (tertiary/aromatic N) is 4. The number of aromatic nitrogens is 3. The second-order valence-corrected chi connectivity index (χ2v) is 7.86. The third-order valence-corrected chi connectivity index (χ3v) is 5.30. The molecule has 5 heteroatoms. The van der Waals surface area contributed by atoms with E-state index in [1.54, 1.807) is 0 Å². The van der Waals surface area contributed by atoms with Gasteiger partial charge in [0.05, 0.1) is 11.0 Å². The van der Waals surface area contributed by atoms with Crippen LogP contribution in [0.1, 0.15) is 44.2 Å². The third-order valence-electron chi connectivity index (χ3n) is 5.30. The Morgan fingerprint density at radius 3 is 2.56 bits per heavy atom. The van der Waals surface area contributed by atoms with Crippen LogP contribution in [0.15, 0.2) is 48.7 Å². The summed E-state index contributed by atoms with van der Waals surface area (Å²) in [5.41, 5.74) is 3.07. The van der Waals surface area contributed by atoms with E-state index >= 15 is 0 Å². The smallest absolute Gasteiger partial charge is 0.245 e. The summed E-state index contributed by atoms with van der Waals surface area (Å²) in [6, 6.07) is 13.8. The molecule has 1 amide bonds. The van der Waals surface area contributed by atoms with Crippen LogP contribution in [-0.2, 0) is 11.2 Å². The Bertz CT molecular complexity index is 941. The predicted octanol–water partition coefficient (Wildman–Crippen LogP) is 3.82. The molecule has 5 nitrogen and oxygen atoms in total. The van der Waals surface area contributed by atoms with E-state index in [-0.39, 0.29) is 11.9 Å². The zero-order chi connectivity index (χ0) is 19.0. The van der Waals surface area contributed by atoms with E-state index in [1.165, 1.54) is 0 Å². The lowest BCUT2D eigenvalue weighted by Crippen LogP contribution is -2.50. The van der Waals surface area contributed by atoms with E-state index in [4.69, 9.17) is 4.98 Å². The average molecular weight is 362 g/mol. The Morgan fingerprint density at radius 2 is 1.85 bits per heavy atom. The molecule has 140 valence electrons. The number of carbonyl (C=O) groups excluding carboxylic acids is 1. The number of carbonyl (C=O) groups is 1. The zero-order valence-electron chi connectivity index (χ0n) is 16.2. The molecule has 27 heavy (non-hydrogen) atoms. The normalized spacial score (nSPS) is 15.9. The quantitative estimate of drug-likeness (QED) is 0.693. The Labute approximate surface area is 160 Å². The first-order valence-corrected chi connectivity index (χ1v) is 9.70. The van der Waals surface area contributed by atoms with Gasteiger partial charge in [0.15, 0.2) is 0 Å². The van der Waals surface area contributed by atoms with E-state index in [0.717, 1.165) is 42.1 Å². The Kier molecular flexibility index (Phi) is 4.68. The number of imidazole rings is 1. The second-order valence-electron chi connectivity index (χ2n) is 7.86. The highest BCUT2D eigenvalue weighted by atomic mass is 16.2. The summed E-state index contributed by atoms with van der Waals surface area (Å²) in [7, 11) is 0. The van der Waals surface area contributed by atoms with Crippen molar-refractivity contribution in [2.45, 2.75) is 39.2 Å². The van der Waals surface area contributed by atoms with Crippen LogP contribution in [0.3, 0.4) is 0 Å². The van der Waals surface area contributed by atoms with E-state index in [0.29, 0.717) is 11.8 Å². The first kappa shape index (κ1) is 17.7. The molecule has 0 unspecified atom stereocenters. The molecule has 4 rings (SSSR count). The lowest BCUT2D eigenvalue weighted by molar-refractivity contribution is -0.138. The van der Waals surface area contributed by atoms with Gasteiger partial charge in [-0.25, -0.2) is 4.98 Å². The highest BCUT2D eigenvalue weighted by Crippen LogP contribution is 2.30. The Hall–Kier alpha value is -2.69. The van der Waals surface area contributed by atoms with Crippen molar-refractivity contribution in [3.05, 3.63) is 60.2 Å². The summed E-state index contributed by atoms with van der Waals surface area (Å²) in [5.74, 6) is 1.99. The molecular formula is C22H26N4O. The number of para-hydroxylation sites is 2. The van der Waals surface area contributed by atoms with Gasteiger partial charge in [-0.05, 0) is 37.1 Å². The summed E-state index contributed by atoms with van der Waals surface area (Å²) < 4.78 is 2.13. The van der Waals surface area contributed by atoms with Crippen molar-refractivity contribution >= 4 is 16.9 Å². The number of hydrogen-bond acceptors (Lipinski definition) is 3. The van der Waals surface area contributed by atoms with Gasteiger partial charge in [-0.3, -0.25) is 9.78 Å². The highest BCUT2D eigenvalue weighted by molar-refractivity contribution is 5.84. The fourth-order valence-corrected chi connectivity index (χ4v) is 3.87. The molecule has 1 aromatic carbocycles. The van der Waals surface area contributed by atoms with Gasteiger partial charge < -0.3 is 9.47 Å². The van der Waals surface area contributed by atoms with Crippen molar-refractivity contribution in [1.82, 2.24) is 19.4 Å². The summed E-state index contributed by atoms with van der Waals surface area (Å²) in [5, 5.41) is 0. The van der Waals surface area contributed by atoms with Crippen molar-refractivity contribution < 1.29 is 4.79 Å². The van der Waals surface area contributed by atoms with Crippen LogP contribution in [0.25, 0.3) is 11.0 Å². The molecule has 1 saturated heterocycles. The van der Waals surface area contributed by atoms with Gasteiger partial charge in [-0.1, -0.05) is 32.0 Å². The summed E-state index contributed by atoms with van der Waals surface area (Å²) in [6.07, 6.45) is 2.68. The second kappa shape index (κ2) is 7.14. The van der Waals surface area contributed by atoms with Gasteiger partial charge in [0.2, 0.25) is 5.91 Å². The number of pyridine rings is 1. The van der Waals surface area contributed by atoms with Crippen LogP contribution in [-0.4, -0.2) is 38.4 Å². The number of hydrogen-bond donors (Lipinski definition) is 0. The molecule has 0 saturated carbocycles. The molecule has 3 heterocycles. The minimum absolute atomic E-state index is 0.162. The van der Waals surface area contributed by atoms with Crippen LogP contribution in [0.2, 0.25) is 0 Å². The van der Waals surface area contributed by atoms with Crippen molar-refractivity contribution in [3.8, 4) is 0 Å². The number of likely N-dealkylation sites (tertiary alicyclic amines) is 1. The Balaban J connectivity index is 1.56. The molecule has 1 fully saturated rings. The van der Waals surface area contributed by atoms with Crippen LogP contribution in [0.4, 0.5) is 0 Å². The zero-order valence-corrected chi connectivity index (χ0v) is 16.2. The third kappa shape index (κ3) is 3.34. The van der Waals surface area contributed by atoms with Gasteiger partial charge in [0.25, 0.3) is 0 Å². The molecule has 0 bridgehead atoms. The van der Waals surface area contributed by atoms with Gasteiger partial charge in [-0.15, -0.1) is 0 Å². The van der Waals surface area contributed by atoms with Gasteiger partial charge in [-0.2, -0.15) is 0 Å². The van der Waals surface area contributed by atoms with Gasteiger partial charge >= 0.3 is 0 Å². The topological polar surface area (TPSA) is 51.0 Å². The molecule has 0 spiro atoms. The molecule has 1 aliphatic rings. The van der Waals surface area contributed by atoms with Crippen molar-refractivity contribution in [1.29, 1.82) is 0 Å². The van der Waals surface area contributed by atoms with Crippen LogP contribution < -0.4 is 0 Å². The maximum atomic E-state index is 13.1. The molecule has 3 aromatic rings. The number of amides is 1. The Morgan fingerprint density at radius 1 is 1.11 bits per heavy atom. The maximum absolute atomic E-state index is 13.1. The molecular weight excluding hydrogens is 336 g/mol. The lowest BCUT2D eigenvalue weighted by atomic mass is 9.95. The van der Waals surface area contributed by atoms with Gasteiger partial charge in [0.1, 0.15) is 11.9 Å². The summed E-state index contributed by atoms with van der Waals surface area (Å²) in [6.45, 7) is 7.85. The maximum Gasteiger partial charge on any atom is 0.245 e. The van der Waals surface area contributed by atoms with Gasteiger partial charge in [0, 0.05) is 37.3 Å². The van der Waals surface area contributed by atoms with Crippen LogP contribution in [0.5, 0.6) is 0 Å². The van der Waals surface area contributed by atoms with Crippen molar-refractivity contribution in [2.24, 2.45) is 5.92 Å². The first-order valence-electron chi connectivity index (χ1n) is 9.70. The standard InChI is InChI=1S/C22H26N4O/c1-15(2)12-21-24-19-9-4-5-10-20(19)26(21)16(3)22(27)25-13-17(14-25)18-8-6-7-11-23-18/h4-11,15-17H,12-14H2,1-3H3/t16-/m1/s1. The fraction of sp³-hybridized carbons (Fsp3) is 0.409. The number of rotatable bonds is 5. The van der Waals surface area contributed by atoms with E-state index < -0.39 is 0 Å².